The van der Waals surface area contributed by atoms with E-state index in [9.17, 15) is 0 Å². The Labute approximate surface area is 116 Å². The number of rotatable bonds is 4. The van der Waals surface area contributed by atoms with Gasteiger partial charge in [0.1, 0.15) is 0 Å². The van der Waals surface area contributed by atoms with E-state index in [4.69, 9.17) is 5.11 Å². The molecule has 1 saturated heterocycles. The number of likely N-dealkylation sites (tertiary alicyclic amines) is 1. The molecule has 1 fully saturated rings. The molecule has 0 radical (unpaired) electrons. The number of aliphatic hydroxyl groups excluding tert-OH is 1. The molecular weight excluding hydrogens is 234 g/mol. The van der Waals surface area contributed by atoms with Gasteiger partial charge in [0, 0.05) is 19.7 Å². The average Bonchev–Trinajstić information content (AvgIpc) is 2.87. The van der Waals surface area contributed by atoms with E-state index in [1.165, 1.54) is 44.2 Å². The van der Waals surface area contributed by atoms with Crippen LogP contribution in [0.1, 0.15) is 42.4 Å². The fraction of sp³-hybridized carbons (Fsp3) is 0.647. The molecule has 0 aromatic heterocycles. The van der Waals surface area contributed by atoms with Gasteiger partial charge in [0.2, 0.25) is 0 Å². The van der Waals surface area contributed by atoms with E-state index in [0.717, 1.165) is 19.5 Å². The lowest BCUT2D eigenvalue weighted by Crippen LogP contribution is -2.35. The van der Waals surface area contributed by atoms with Crippen molar-refractivity contribution in [2.45, 2.75) is 45.1 Å². The summed E-state index contributed by atoms with van der Waals surface area (Å²) < 4.78 is 0. The first kappa shape index (κ1) is 13.1. The molecule has 0 spiro atoms. The van der Waals surface area contributed by atoms with Gasteiger partial charge in [0.15, 0.2) is 0 Å². The molecule has 1 aliphatic carbocycles. The van der Waals surface area contributed by atoms with E-state index in [0.29, 0.717) is 12.5 Å². The number of hydrogen-bond acceptors (Lipinski definition) is 2. The van der Waals surface area contributed by atoms with Gasteiger partial charge in [-0.3, -0.25) is 4.90 Å². The highest BCUT2D eigenvalue weighted by Gasteiger charge is 2.20. The molecule has 1 aliphatic heterocycles. The van der Waals surface area contributed by atoms with Crippen molar-refractivity contribution in [1.82, 2.24) is 4.90 Å². The van der Waals surface area contributed by atoms with E-state index >= 15 is 0 Å². The van der Waals surface area contributed by atoms with Crippen molar-refractivity contribution in [1.29, 1.82) is 0 Å². The normalized spacial score (nSPS) is 23.5. The summed E-state index contributed by atoms with van der Waals surface area (Å²) in [5.74, 6) is 0.702. The summed E-state index contributed by atoms with van der Waals surface area (Å²) in [5, 5.41) is 9.08. The molecule has 1 unspecified atom stereocenters. The molecule has 0 bridgehead atoms. The zero-order valence-corrected chi connectivity index (χ0v) is 11.8. The maximum absolute atomic E-state index is 9.08. The second kappa shape index (κ2) is 6.06. The Morgan fingerprint density at radius 1 is 1.16 bits per heavy atom. The summed E-state index contributed by atoms with van der Waals surface area (Å²) in [6.45, 7) is 3.82. The Kier molecular flexibility index (Phi) is 4.19. The Hall–Kier alpha value is -0.860. The molecule has 0 saturated carbocycles. The smallest absolute Gasteiger partial charge is 0.0434 e. The Morgan fingerprint density at radius 3 is 2.95 bits per heavy atom. The lowest BCUT2D eigenvalue weighted by molar-refractivity contribution is 0.142. The van der Waals surface area contributed by atoms with Crippen LogP contribution in [0.2, 0.25) is 0 Å². The van der Waals surface area contributed by atoms with Gasteiger partial charge < -0.3 is 5.11 Å². The van der Waals surface area contributed by atoms with Crippen molar-refractivity contribution >= 4 is 0 Å². The van der Waals surface area contributed by atoms with Crippen molar-refractivity contribution in [2.24, 2.45) is 5.92 Å². The molecular formula is C17H25NO. The van der Waals surface area contributed by atoms with Crippen molar-refractivity contribution in [3.8, 4) is 0 Å². The number of hydrogen-bond donors (Lipinski definition) is 1. The minimum absolute atomic E-state index is 0.345. The molecule has 1 atom stereocenters. The predicted molar refractivity (Wildman–Crippen MR) is 78.2 cm³/mol. The minimum atomic E-state index is 0.345. The topological polar surface area (TPSA) is 23.5 Å². The van der Waals surface area contributed by atoms with Crippen molar-refractivity contribution in [3.63, 3.8) is 0 Å². The summed E-state index contributed by atoms with van der Waals surface area (Å²) in [6.07, 6.45) is 7.44. The van der Waals surface area contributed by atoms with Crippen LogP contribution in [0.25, 0.3) is 0 Å². The summed E-state index contributed by atoms with van der Waals surface area (Å²) >= 11 is 0. The van der Waals surface area contributed by atoms with Gasteiger partial charge in [-0.2, -0.15) is 0 Å². The Bertz CT molecular complexity index is 427. The second-order valence-corrected chi connectivity index (χ2v) is 6.21. The number of benzene rings is 1. The standard InChI is InChI=1S/C17H25NO/c19-10-8-14-3-2-9-18(12-14)13-15-6-7-16-4-1-5-17(16)11-15/h6-7,11,14,19H,1-5,8-10,12-13H2. The van der Waals surface area contributed by atoms with Gasteiger partial charge in [-0.25, -0.2) is 0 Å². The predicted octanol–water partition coefficient (Wildman–Crippen LogP) is 2.77. The third kappa shape index (κ3) is 3.18. The second-order valence-electron chi connectivity index (χ2n) is 6.21. The average molecular weight is 259 g/mol. The van der Waals surface area contributed by atoms with Crippen LogP contribution >= 0.6 is 0 Å². The molecule has 2 nitrogen and oxygen atoms in total. The highest BCUT2D eigenvalue weighted by atomic mass is 16.3. The Balaban J connectivity index is 1.61. The molecule has 1 aromatic rings. The molecule has 1 N–H and O–H groups in total. The quantitative estimate of drug-likeness (QED) is 0.899. The molecule has 1 heterocycles. The van der Waals surface area contributed by atoms with Crippen LogP contribution in [0.15, 0.2) is 18.2 Å². The van der Waals surface area contributed by atoms with Gasteiger partial charge in [-0.15, -0.1) is 0 Å². The molecule has 104 valence electrons. The van der Waals surface area contributed by atoms with Crippen LogP contribution in [-0.2, 0) is 19.4 Å². The maximum Gasteiger partial charge on any atom is 0.0434 e. The van der Waals surface area contributed by atoms with Gasteiger partial charge >= 0.3 is 0 Å². The summed E-state index contributed by atoms with van der Waals surface area (Å²) in [7, 11) is 0. The monoisotopic (exact) mass is 259 g/mol. The van der Waals surface area contributed by atoms with Crippen LogP contribution < -0.4 is 0 Å². The third-order valence-electron chi connectivity index (χ3n) is 4.71. The SMILES string of the molecule is OCCC1CCCN(Cc2ccc3c(c2)CCC3)C1. The van der Waals surface area contributed by atoms with Crippen molar-refractivity contribution in [3.05, 3.63) is 34.9 Å². The number of nitrogens with zero attached hydrogens (tertiary/aromatic N) is 1. The maximum atomic E-state index is 9.08. The molecule has 2 aliphatic rings. The largest absolute Gasteiger partial charge is 0.396 e. The summed E-state index contributed by atoms with van der Waals surface area (Å²) in [6, 6.07) is 7.09. The van der Waals surface area contributed by atoms with E-state index < -0.39 is 0 Å². The number of piperidine rings is 1. The third-order valence-corrected chi connectivity index (χ3v) is 4.71. The van der Waals surface area contributed by atoms with E-state index in [1.54, 1.807) is 11.1 Å². The van der Waals surface area contributed by atoms with E-state index in [-0.39, 0.29) is 0 Å². The van der Waals surface area contributed by atoms with Crippen LogP contribution in [0.5, 0.6) is 0 Å². The van der Waals surface area contributed by atoms with Crippen LogP contribution in [-0.4, -0.2) is 29.7 Å². The first-order valence-electron chi connectivity index (χ1n) is 7.79. The van der Waals surface area contributed by atoms with Crippen molar-refractivity contribution in [2.75, 3.05) is 19.7 Å². The molecule has 2 heteroatoms. The fourth-order valence-corrected chi connectivity index (χ4v) is 3.69. The molecule has 0 amide bonds. The van der Waals surface area contributed by atoms with Crippen LogP contribution in [0.3, 0.4) is 0 Å². The Morgan fingerprint density at radius 2 is 2.05 bits per heavy atom. The zero-order valence-electron chi connectivity index (χ0n) is 11.8. The highest BCUT2D eigenvalue weighted by molar-refractivity contribution is 5.35. The molecule has 19 heavy (non-hydrogen) atoms. The number of aliphatic hydroxyl groups is 1. The van der Waals surface area contributed by atoms with Crippen molar-refractivity contribution < 1.29 is 5.11 Å². The molecule has 3 rings (SSSR count). The van der Waals surface area contributed by atoms with Gasteiger partial charge in [0.25, 0.3) is 0 Å². The minimum Gasteiger partial charge on any atom is -0.396 e. The van der Waals surface area contributed by atoms with Gasteiger partial charge in [-0.05, 0) is 67.7 Å². The summed E-state index contributed by atoms with van der Waals surface area (Å²) in [4.78, 5) is 2.57. The summed E-state index contributed by atoms with van der Waals surface area (Å²) in [5.41, 5.74) is 4.63. The number of aryl methyl sites for hydroxylation is 2. The lowest BCUT2D eigenvalue weighted by Gasteiger charge is -2.32. The number of fused-ring (bicyclic) bond motifs is 1. The lowest BCUT2D eigenvalue weighted by atomic mass is 9.94. The first-order chi connectivity index (χ1) is 9.35. The fourth-order valence-electron chi connectivity index (χ4n) is 3.69. The highest BCUT2D eigenvalue weighted by Crippen LogP contribution is 2.25. The van der Waals surface area contributed by atoms with Crippen LogP contribution in [0.4, 0.5) is 0 Å². The van der Waals surface area contributed by atoms with Gasteiger partial charge in [0.05, 0.1) is 0 Å². The van der Waals surface area contributed by atoms with Gasteiger partial charge in [-0.1, -0.05) is 18.2 Å². The molecule has 1 aromatic carbocycles. The van der Waals surface area contributed by atoms with Crippen LogP contribution in [0, 0.1) is 5.92 Å². The van der Waals surface area contributed by atoms with E-state index in [2.05, 4.69) is 23.1 Å². The van der Waals surface area contributed by atoms with E-state index in [1.807, 2.05) is 0 Å². The first-order valence-corrected chi connectivity index (χ1v) is 7.79. The zero-order chi connectivity index (χ0) is 13.1.